The standard InChI is InChI=1S/C11H19N4O2/c1-15(2,13-9-3-8-12)11-6-4-10(5-7-11)14(16)17/h4-7,13H,3,8-9,12H2,1-2H3/q+1. The van der Waals surface area contributed by atoms with Crippen molar-refractivity contribution < 1.29 is 4.92 Å². The van der Waals surface area contributed by atoms with Crippen LogP contribution >= 0.6 is 0 Å². The quantitative estimate of drug-likeness (QED) is 0.336. The smallest absolute Gasteiger partial charge is 0.269 e. The van der Waals surface area contributed by atoms with Crippen LogP contribution in [0, 0.1) is 10.1 Å². The maximum atomic E-state index is 10.5. The van der Waals surface area contributed by atoms with E-state index < -0.39 is 4.92 Å². The summed E-state index contributed by atoms with van der Waals surface area (Å²) in [6.45, 7) is 1.45. The molecule has 0 aliphatic heterocycles. The lowest BCUT2D eigenvalue weighted by atomic mass is 10.2. The summed E-state index contributed by atoms with van der Waals surface area (Å²) in [5.41, 5.74) is 9.81. The highest BCUT2D eigenvalue weighted by Crippen LogP contribution is 2.20. The number of quaternary nitrogens is 1. The van der Waals surface area contributed by atoms with Gasteiger partial charge in [0.05, 0.1) is 19.0 Å². The highest BCUT2D eigenvalue weighted by atomic mass is 16.6. The molecule has 17 heavy (non-hydrogen) atoms. The van der Waals surface area contributed by atoms with E-state index in [0.29, 0.717) is 11.1 Å². The molecule has 94 valence electrons. The molecule has 0 radical (unpaired) electrons. The molecular weight excluding hydrogens is 220 g/mol. The summed E-state index contributed by atoms with van der Waals surface area (Å²) in [4.78, 5) is 10.1. The van der Waals surface area contributed by atoms with Gasteiger partial charge in [0, 0.05) is 30.8 Å². The van der Waals surface area contributed by atoms with Gasteiger partial charge < -0.3 is 5.73 Å². The summed E-state index contributed by atoms with van der Waals surface area (Å²) in [6.07, 6.45) is 0.897. The van der Waals surface area contributed by atoms with Gasteiger partial charge in [-0.2, -0.15) is 5.43 Å². The van der Waals surface area contributed by atoms with E-state index in [1.165, 1.54) is 12.1 Å². The summed E-state index contributed by atoms with van der Waals surface area (Å²) in [6, 6.07) is 6.54. The number of nitrogens with two attached hydrogens (primary N) is 1. The predicted octanol–water partition coefficient (Wildman–Crippen LogP) is 1.02. The summed E-state index contributed by atoms with van der Waals surface area (Å²) < 4.78 is 0.470. The third-order valence-electron chi connectivity index (χ3n) is 2.59. The molecule has 0 atom stereocenters. The molecule has 0 bridgehead atoms. The van der Waals surface area contributed by atoms with E-state index in [9.17, 15) is 10.1 Å². The average Bonchev–Trinajstić information content (AvgIpc) is 2.29. The predicted molar refractivity (Wildman–Crippen MR) is 68.4 cm³/mol. The van der Waals surface area contributed by atoms with Crippen LogP contribution in [0.25, 0.3) is 0 Å². The van der Waals surface area contributed by atoms with Crippen molar-refractivity contribution in [2.45, 2.75) is 6.42 Å². The molecule has 0 aromatic heterocycles. The Morgan fingerprint density at radius 1 is 1.35 bits per heavy atom. The minimum atomic E-state index is -0.397. The van der Waals surface area contributed by atoms with Crippen LogP contribution in [0.2, 0.25) is 0 Å². The number of rotatable bonds is 6. The molecule has 0 aliphatic rings. The van der Waals surface area contributed by atoms with Crippen LogP contribution in [-0.2, 0) is 0 Å². The first kappa shape index (κ1) is 13.6. The highest BCUT2D eigenvalue weighted by Gasteiger charge is 2.19. The van der Waals surface area contributed by atoms with E-state index in [2.05, 4.69) is 5.43 Å². The largest absolute Gasteiger partial charge is 0.330 e. The molecule has 1 rings (SSSR count). The molecular formula is C11H19N4O2+. The van der Waals surface area contributed by atoms with Crippen LogP contribution in [0.1, 0.15) is 6.42 Å². The zero-order valence-electron chi connectivity index (χ0n) is 10.2. The third kappa shape index (κ3) is 3.77. The van der Waals surface area contributed by atoms with E-state index in [0.717, 1.165) is 18.7 Å². The Balaban J connectivity index is 2.73. The van der Waals surface area contributed by atoms with Crippen LogP contribution in [0.5, 0.6) is 0 Å². The van der Waals surface area contributed by atoms with Gasteiger partial charge in [-0.05, 0) is 13.0 Å². The number of hydrogen-bond donors (Lipinski definition) is 2. The highest BCUT2D eigenvalue weighted by molar-refractivity contribution is 5.46. The molecule has 0 aliphatic carbocycles. The number of benzene rings is 1. The van der Waals surface area contributed by atoms with Crippen LogP contribution < -0.4 is 15.8 Å². The maximum Gasteiger partial charge on any atom is 0.269 e. The van der Waals surface area contributed by atoms with E-state index in [-0.39, 0.29) is 5.69 Å². The molecule has 0 unspecified atom stereocenters. The fraction of sp³-hybridized carbons (Fsp3) is 0.455. The number of nitro groups is 1. The van der Waals surface area contributed by atoms with E-state index in [1.807, 2.05) is 14.1 Å². The van der Waals surface area contributed by atoms with Crippen LogP contribution in [0.3, 0.4) is 0 Å². The van der Waals surface area contributed by atoms with E-state index in [4.69, 9.17) is 5.73 Å². The second-order valence-electron chi connectivity index (χ2n) is 4.28. The molecule has 3 N–H and O–H groups in total. The molecule has 0 saturated carbocycles. The fourth-order valence-corrected chi connectivity index (χ4v) is 1.50. The molecule has 0 amide bonds. The minimum absolute atomic E-state index is 0.107. The van der Waals surface area contributed by atoms with Crippen LogP contribution in [-0.4, -0.2) is 32.1 Å². The van der Waals surface area contributed by atoms with Crippen molar-refractivity contribution in [2.24, 2.45) is 5.73 Å². The third-order valence-corrected chi connectivity index (χ3v) is 2.59. The molecule has 0 fully saturated rings. The SMILES string of the molecule is C[N+](C)(NCCCN)c1ccc([N+](=O)[O-])cc1. The summed E-state index contributed by atoms with van der Waals surface area (Å²) in [7, 11) is 3.97. The normalized spacial score (nSPS) is 11.5. The molecule has 1 aromatic rings. The van der Waals surface area contributed by atoms with Gasteiger partial charge in [-0.1, -0.05) is 0 Å². The first-order chi connectivity index (χ1) is 7.97. The Kier molecular flexibility index (Phi) is 4.56. The number of nitrogens with zero attached hydrogens (tertiary/aromatic N) is 2. The zero-order valence-corrected chi connectivity index (χ0v) is 10.2. The van der Waals surface area contributed by atoms with Gasteiger partial charge in [0.15, 0.2) is 5.69 Å². The van der Waals surface area contributed by atoms with Gasteiger partial charge in [-0.15, -0.1) is 0 Å². The summed E-state index contributed by atoms with van der Waals surface area (Å²) >= 11 is 0. The zero-order chi connectivity index (χ0) is 12.9. The first-order valence-electron chi connectivity index (χ1n) is 5.51. The Bertz CT molecular complexity index is 376. The second kappa shape index (κ2) is 5.72. The lowest BCUT2D eigenvalue weighted by molar-refractivity contribution is -0.384. The Morgan fingerprint density at radius 3 is 2.41 bits per heavy atom. The Morgan fingerprint density at radius 2 is 1.94 bits per heavy atom. The van der Waals surface area contributed by atoms with Crippen molar-refractivity contribution in [2.75, 3.05) is 27.2 Å². The Hall–Kier alpha value is -1.50. The van der Waals surface area contributed by atoms with E-state index in [1.54, 1.807) is 12.1 Å². The molecule has 1 aromatic carbocycles. The number of hydrogen-bond acceptors (Lipinski definition) is 4. The second-order valence-corrected chi connectivity index (χ2v) is 4.28. The van der Waals surface area contributed by atoms with Gasteiger partial charge in [0.1, 0.15) is 0 Å². The average molecular weight is 239 g/mol. The van der Waals surface area contributed by atoms with Crippen molar-refractivity contribution in [3.05, 3.63) is 34.4 Å². The van der Waals surface area contributed by atoms with Gasteiger partial charge in [-0.25, -0.2) is 4.59 Å². The fourth-order valence-electron chi connectivity index (χ4n) is 1.50. The number of nitrogens with one attached hydrogen (secondary N) is 1. The van der Waals surface area contributed by atoms with Crippen molar-refractivity contribution in [3.8, 4) is 0 Å². The molecule has 0 saturated heterocycles. The molecule has 0 spiro atoms. The van der Waals surface area contributed by atoms with Crippen molar-refractivity contribution in [3.63, 3.8) is 0 Å². The number of non-ortho nitro benzene ring substituents is 1. The maximum absolute atomic E-state index is 10.5. The van der Waals surface area contributed by atoms with Gasteiger partial charge >= 0.3 is 0 Å². The molecule has 0 heterocycles. The van der Waals surface area contributed by atoms with Crippen molar-refractivity contribution in [1.29, 1.82) is 0 Å². The number of nitro benzene ring substituents is 1. The first-order valence-corrected chi connectivity index (χ1v) is 5.51. The topological polar surface area (TPSA) is 81.2 Å². The van der Waals surface area contributed by atoms with Crippen molar-refractivity contribution in [1.82, 2.24) is 10.0 Å². The van der Waals surface area contributed by atoms with Gasteiger partial charge in [-0.3, -0.25) is 10.1 Å². The van der Waals surface area contributed by atoms with Gasteiger partial charge in [0.25, 0.3) is 5.69 Å². The Labute approximate surface area is 101 Å². The lowest BCUT2D eigenvalue weighted by Crippen LogP contribution is -2.53. The molecule has 6 nitrogen and oxygen atoms in total. The van der Waals surface area contributed by atoms with E-state index >= 15 is 0 Å². The van der Waals surface area contributed by atoms with Crippen LogP contribution in [0.15, 0.2) is 24.3 Å². The summed E-state index contributed by atoms with van der Waals surface area (Å²) in [5, 5.41) is 10.5. The minimum Gasteiger partial charge on any atom is -0.330 e. The lowest BCUT2D eigenvalue weighted by Gasteiger charge is -2.28. The van der Waals surface area contributed by atoms with Crippen LogP contribution in [0.4, 0.5) is 11.4 Å². The molecule has 6 heteroatoms. The van der Waals surface area contributed by atoms with Crippen molar-refractivity contribution >= 4 is 11.4 Å². The van der Waals surface area contributed by atoms with Gasteiger partial charge in [0.2, 0.25) is 0 Å². The monoisotopic (exact) mass is 239 g/mol. The summed E-state index contributed by atoms with van der Waals surface area (Å²) in [5.74, 6) is 0.